The Labute approximate surface area is 559 Å². The molecule has 9 aromatic carbocycles. The fraction of sp³-hybridized carbons (Fsp3) is 0.268. The van der Waals surface area contributed by atoms with E-state index in [1.165, 1.54) is 0 Å². The average molecular weight is 1430 g/mol. The molecule has 12 rings (SSSR count). The number of benzene rings is 9. The normalized spacial score (nSPS) is 13.0. The molecule has 480 valence electrons. The quantitative estimate of drug-likeness (QED) is 0.0559. The number of ether oxygens (including phenoxy) is 1. The summed E-state index contributed by atoms with van der Waals surface area (Å²) in [6.07, 6.45) is 1.85. The maximum Gasteiger partial charge on any atom is 0.200 e. The largest absolute Gasteiger partial charge is 0.509 e. The zero-order valence-corrected chi connectivity index (χ0v) is 58.0. The number of anilines is 4. The van der Waals surface area contributed by atoms with Gasteiger partial charge in [-0.3, -0.25) is 0 Å². The Kier molecular flexibility index (Phi) is 17.4. The maximum absolute atomic E-state index is 17.0. The fourth-order valence-electron chi connectivity index (χ4n) is 12.6. The first-order valence-electron chi connectivity index (χ1n) is 31.7. The molecule has 0 radical (unpaired) electrons. The van der Waals surface area contributed by atoms with Crippen molar-refractivity contribution in [1.82, 2.24) is 9.55 Å². The topological polar surface area (TPSA) is 33.5 Å². The van der Waals surface area contributed by atoms with Crippen LogP contribution in [0.3, 0.4) is 0 Å². The predicted octanol–water partition coefficient (Wildman–Crippen LogP) is 23.8. The van der Waals surface area contributed by atoms with Gasteiger partial charge in [0.05, 0.1) is 5.56 Å². The van der Waals surface area contributed by atoms with Gasteiger partial charge < -0.3 is 19.1 Å². The SMILES string of the molecule is CC(C)c1cc(-c2ccccc2)cc(C(C)C)c1-c1cc(Oc2[c-]c3c(cc2)c2ccccc2n3-c2cc(C(C)(C)C)ccn2)[c-]c(N2[CH-]N(c3c(-c4cc(C(C)(C)C)cc(C(C)(C)C)c4)cc(C(C)(C)C)cc3-c3c(F)c(F)c(F)c(F)c3F)c3ccccc32)c1.[Pt]. The molecule has 11 heteroatoms. The molecule has 0 spiro atoms. The van der Waals surface area contributed by atoms with Crippen molar-refractivity contribution in [2.75, 3.05) is 9.80 Å². The molecule has 0 fully saturated rings. The van der Waals surface area contributed by atoms with E-state index in [1.807, 2.05) is 104 Å². The molecule has 93 heavy (non-hydrogen) atoms. The summed E-state index contributed by atoms with van der Waals surface area (Å²) in [7, 11) is 0. The Balaban J connectivity index is 0.00000884. The second-order valence-corrected chi connectivity index (χ2v) is 29.3. The van der Waals surface area contributed by atoms with Gasteiger partial charge in [-0.25, -0.2) is 26.9 Å². The predicted molar refractivity (Wildman–Crippen MR) is 369 cm³/mol. The molecule has 2 aromatic heterocycles. The maximum atomic E-state index is 17.0. The van der Waals surface area contributed by atoms with E-state index < -0.39 is 40.1 Å². The van der Waals surface area contributed by atoms with Crippen molar-refractivity contribution in [1.29, 1.82) is 0 Å². The Hall–Kier alpha value is -8.33. The van der Waals surface area contributed by atoms with Crippen LogP contribution in [0.25, 0.3) is 72.1 Å². The molecule has 5 nitrogen and oxygen atoms in total. The number of hydrogen-bond donors (Lipinski definition) is 0. The minimum atomic E-state index is -2.23. The third-order valence-electron chi connectivity index (χ3n) is 17.8. The standard InChI is InChI=1S/C82H78F5N4O.Pt/c1-47(2)62-38-50(49-24-18-17-19-25-49)39-63(48(3)4)71(62)52-36-57(44-59(37-52)92-58-30-31-61-60-26-20-21-27-66(60)91(69(61)45-58)70-43-53(32-33-88-70)79(5,6)7)89-46-90(68-29-23-22-28-67(68)89)78-64(51-34-54(80(8,9)10)40-55(35-51)81(11,12)13)41-56(82(14,15)16)42-65(78)72-73(83)75(85)77(87)76(86)74(72)84;/h17-43,46-48H,1-16H3;/q-3;. The van der Waals surface area contributed by atoms with Crippen LogP contribution in [0, 0.1) is 47.9 Å². The van der Waals surface area contributed by atoms with Crippen molar-refractivity contribution in [3.63, 3.8) is 0 Å². The first-order valence-corrected chi connectivity index (χ1v) is 31.7. The van der Waals surface area contributed by atoms with Crippen LogP contribution < -0.4 is 14.5 Å². The molecule has 0 saturated carbocycles. The second kappa shape index (κ2) is 24.5. The van der Waals surface area contributed by atoms with Gasteiger partial charge in [-0.05, 0) is 137 Å². The Morgan fingerprint density at radius 3 is 1.57 bits per heavy atom. The summed E-state index contributed by atoms with van der Waals surface area (Å²) in [5.41, 5.74) is 12.2. The molecule has 1 aliphatic heterocycles. The van der Waals surface area contributed by atoms with Crippen molar-refractivity contribution < 1.29 is 47.8 Å². The van der Waals surface area contributed by atoms with Crippen LogP contribution in [0.15, 0.2) is 164 Å². The molecule has 0 amide bonds. The number of para-hydroxylation sites is 3. The van der Waals surface area contributed by atoms with E-state index in [2.05, 4.69) is 198 Å². The summed E-state index contributed by atoms with van der Waals surface area (Å²) in [5, 5.41) is 2.01. The van der Waals surface area contributed by atoms with Gasteiger partial charge >= 0.3 is 0 Å². The summed E-state index contributed by atoms with van der Waals surface area (Å²) in [5.74, 6) is -8.51. The molecule has 0 N–H and O–H groups in total. The van der Waals surface area contributed by atoms with Gasteiger partial charge in [0, 0.05) is 72.5 Å². The Morgan fingerprint density at radius 1 is 0.441 bits per heavy atom. The third-order valence-corrected chi connectivity index (χ3v) is 17.8. The van der Waals surface area contributed by atoms with Crippen LogP contribution >= 0.6 is 0 Å². The van der Waals surface area contributed by atoms with Crippen LogP contribution in [0.1, 0.15) is 156 Å². The number of nitrogens with zero attached hydrogens (tertiary/aromatic N) is 4. The first kappa shape index (κ1) is 66.1. The van der Waals surface area contributed by atoms with E-state index in [0.29, 0.717) is 45.3 Å². The summed E-state index contributed by atoms with van der Waals surface area (Å²) >= 11 is 0. The molecule has 11 aromatic rings. The van der Waals surface area contributed by atoms with Gasteiger partial charge in [0.2, 0.25) is 5.82 Å². The second-order valence-electron chi connectivity index (χ2n) is 29.3. The number of aromatic nitrogens is 2. The van der Waals surface area contributed by atoms with Crippen molar-refractivity contribution in [2.45, 2.75) is 144 Å². The molecule has 1 aliphatic rings. The van der Waals surface area contributed by atoms with Crippen LogP contribution in [0.5, 0.6) is 11.5 Å². The molecule has 0 saturated heterocycles. The Bertz CT molecular complexity index is 4620. The van der Waals surface area contributed by atoms with Crippen LogP contribution in [0.2, 0.25) is 0 Å². The van der Waals surface area contributed by atoms with Crippen LogP contribution in [-0.2, 0) is 42.7 Å². The van der Waals surface area contributed by atoms with Gasteiger partial charge in [-0.15, -0.1) is 53.6 Å². The average Bonchev–Trinajstić information content (AvgIpc) is 1.72. The molecule has 0 atom stereocenters. The van der Waals surface area contributed by atoms with Crippen molar-refractivity contribution in [2.24, 2.45) is 0 Å². The zero-order chi connectivity index (χ0) is 65.8. The van der Waals surface area contributed by atoms with Gasteiger partial charge in [0.1, 0.15) is 5.82 Å². The minimum absolute atomic E-state index is 0. The van der Waals surface area contributed by atoms with E-state index in [9.17, 15) is 0 Å². The molecular weight excluding hydrogens is 1350 g/mol. The molecule has 3 heterocycles. The molecular formula is C82H78F5N4OPt-3. The van der Waals surface area contributed by atoms with Gasteiger partial charge in [-0.2, -0.15) is 6.07 Å². The molecule has 0 aliphatic carbocycles. The molecule has 0 unspecified atom stereocenters. The number of fused-ring (bicyclic) bond motifs is 4. The van der Waals surface area contributed by atoms with E-state index in [-0.39, 0.29) is 60.4 Å². The van der Waals surface area contributed by atoms with Gasteiger partial charge in [0.25, 0.3) is 0 Å². The van der Waals surface area contributed by atoms with Gasteiger partial charge in [0.15, 0.2) is 23.3 Å². The summed E-state index contributed by atoms with van der Waals surface area (Å²) in [6, 6.07) is 60.4. The Morgan fingerprint density at radius 2 is 0.978 bits per heavy atom. The van der Waals surface area contributed by atoms with E-state index in [0.717, 1.165) is 77.7 Å². The molecule has 0 bridgehead atoms. The summed E-state index contributed by atoms with van der Waals surface area (Å²) < 4.78 is 90.6. The first-order chi connectivity index (χ1) is 43.4. The summed E-state index contributed by atoms with van der Waals surface area (Å²) in [4.78, 5) is 8.71. The monoisotopic (exact) mass is 1420 g/mol. The minimum Gasteiger partial charge on any atom is -0.509 e. The van der Waals surface area contributed by atoms with Crippen molar-refractivity contribution in [3.8, 4) is 61.8 Å². The van der Waals surface area contributed by atoms with Crippen LogP contribution in [0.4, 0.5) is 44.7 Å². The van der Waals surface area contributed by atoms with Gasteiger partial charge in [-0.1, -0.05) is 207 Å². The van der Waals surface area contributed by atoms with Crippen molar-refractivity contribution in [3.05, 3.63) is 245 Å². The third kappa shape index (κ3) is 12.3. The number of rotatable bonds is 11. The number of pyridine rings is 1. The van der Waals surface area contributed by atoms with E-state index in [1.54, 1.807) is 6.07 Å². The van der Waals surface area contributed by atoms with E-state index in [4.69, 9.17) is 9.72 Å². The van der Waals surface area contributed by atoms with Crippen molar-refractivity contribution >= 4 is 44.6 Å². The smallest absolute Gasteiger partial charge is 0.200 e. The van der Waals surface area contributed by atoms with E-state index >= 15 is 22.0 Å². The summed E-state index contributed by atoms with van der Waals surface area (Å²) in [6.45, 7) is 35.9. The van der Waals surface area contributed by atoms with Crippen LogP contribution in [-0.4, -0.2) is 9.55 Å². The number of hydrogen-bond acceptors (Lipinski definition) is 4. The number of halogens is 5. The zero-order valence-electron chi connectivity index (χ0n) is 55.7. The fourth-order valence-corrected chi connectivity index (χ4v) is 12.6.